The largest absolute Gasteiger partial charge is 0.476 e. The summed E-state index contributed by atoms with van der Waals surface area (Å²) in [7, 11) is 0. The number of carboxylic acid groups (broad SMARTS) is 1. The van der Waals surface area contributed by atoms with E-state index in [4.69, 9.17) is 28.3 Å². The Morgan fingerprint density at radius 2 is 2.11 bits per heavy atom. The number of nitrogens with zero attached hydrogens (tertiary/aromatic N) is 1. The Balaban J connectivity index is 2.10. The standard InChI is InChI=1S/C11H8Cl2N2O2S/c12-7-2-4-9(15-10(7)11(16)17)14-5-6-1-3-8(13)18-6/h1-4H,5H2,(H,14,15)(H,16,17). The molecule has 0 spiro atoms. The molecule has 0 aliphatic heterocycles. The van der Waals surface area contributed by atoms with Gasteiger partial charge in [-0.25, -0.2) is 9.78 Å². The van der Waals surface area contributed by atoms with Crippen molar-refractivity contribution in [2.75, 3.05) is 5.32 Å². The molecule has 7 heteroatoms. The molecule has 2 heterocycles. The van der Waals surface area contributed by atoms with Crippen LogP contribution in [0.2, 0.25) is 9.36 Å². The van der Waals surface area contributed by atoms with Crippen LogP contribution in [0.1, 0.15) is 15.4 Å². The Labute approximate surface area is 117 Å². The molecule has 0 saturated carbocycles. The van der Waals surface area contributed by atoms with Crippen LogP contribution < -0.4 is 5.32 Å². The van der Waals surface area contributed by atoms with E-state index in [1.807, 2.05) is 6.07 Å². The topological polar surface area (TPSA) is 62.2 Å². The maximum atomic E-state index is 10.9. The molecule has 0 bridgehead atoms. The van der Waals surface area contributed by atoms with Crippen LogP contribution in [0.15, 0.2) is 24.3 Å². The highest BCUT2D eigenvalue weighted by Gasteiger charge is 2.11. The van der Waals surface area contributed by atoms with Crippen LogP contribution in [0.3, 0.4) is 0 Å². The van der Waals surface area contributed by atoms with Gasteiger partial charge in [0.05, 0.1) is 15.9 Å². The predicted octanol–water partition coefficient (Wildman–Crippen LogP) is 3.76. The summed E-state index contributed by atoms with van der Waals surface area (Å²) in [5.74, 6) is -0.691. The summed E-state index contributed by atoms with van der Waals surface area (Å²) in [6.07, 6.45) is 0. The quantitative estimate of drug-likeness (QED) is 0.902. The molecule has 0 aromatic carbocycles. The summed E-state index contributed by atoms with van der Waals surface area (Å²) >= 11 is 13.0. The predicted molar refractivity (Wildman–Crippen MR) is 72.9 cm³/mol. The molecule has 0 saturated heterocycles. The first-order valence-corrected chi connectivity index (χ1v) is 6.51. The van der Waals surface area contributed by atoms with E-state index < -0.39 is 5.97 Å². The normalized spacial score (nSPS) is 10.3. The van der Waals surface area contributed by atoms with Gasteiger partial charge in [-0.05, 0) is 24.3 Å². The van der Waals surface area contributed by atoms with Gasteiger partial charge in [0.15, 0.2) is 5.69 Å². The Kier molecular flexibility index (Phi) is 4.06. The molecule has 0 aliphatic carbocycles. The van der Waals surface area contributed by atoms with Crippen molar-refractivity contribution in [2.24, 2.45) is 0 Å². The van der Waals surface area contributed by atoms with Crippen molar-refractivity contribution in [1.29, 1.82) is 0 Å². The van der Waals surface area contributed by atoms with Crippen molar-refractivity contribution in [3.8, 4) is 0 Å². The van der Waals surface area contributed by atoms with Gasteiger partial charge in [0, 0.05) is 4.88 Å². The van der Waals surface area contributed by atoms with E-state index in [2.05, 4.69) is 10.3 Å². The van der Waals surface area contributed by atoms with Crippen LogP contribution in [0.25, 0.3) is 0 Å². The molecule has 0 fully saturated rings. The third-order valence-electron chi connectivity index (χ3n) is 2.12. The van der Waals surface area contributed by atoms with Gasteiger partial charge < -0.3 is 10.4 Å². The Hall–Kier alpha value is -1.30. The molecule has 2 aromatic rings. The molecule has 2 N–H and O–H groups in total. The highest BCUT2D eigenvalue weighted by molar-refractivity contribution is 7.16. The SMILES string of the molecule is O=C(O)c1nc(NCc2ccc(Cl)s2)ccc1Cl. The van der Waals surface area contributed by atoms with Crippen LogP contribution in [-0.4, -0.2) is 16.1 Å². The van der Waals surface area contributed by atoms with Crippen LogP contribution in [-0.2, 0) is 6.54 Å². The number of aromatic nitrogens is 1. The molecular weight excluding hydrogens is 295 g/mol. The monoisotopic (exact) mass is 302 g/mol. The molecule has 94 valence electrons. The number of rotatable bonds is 4. The van der Waals surface area contributed by atoms with Crippen molar-refractivity contribution >= 4 is 46.3 Å². The lowest BCUT2D eigenvalue weighted by atomic mass is 10.3. The summed E-state index contributed by atoms with van der Waals surface area (Å²) < 4.78 is 0.710. The van der Waals surface area contributed by atoms with E-state index in [-0.39, 0.29) is 10.7 Å². The van der Waals surface area contributed by atoms with Gasteiger partial charge >= 0.3 is 5.97 Å². The third-order valence-corrected chi connectivity index (χ3v) is 3.66. The van der Waals surface area contributed by atoms with Crippen LogP contribution >= 0.6 is 34.5 Å². The molecule has 4 nitrogen and oxygen atoms in total. The van der Waals surface area contributed by atoms with Gasteiger partial charge in [0.1, 0.15) is 5.82 Å². The number of hydrogen-bond acceptors (Lipinski definition) is 4. The summed E-state index contributed by atoms with van der Waals surface area (Å²) in [5, 5.41) is 12.0. The van der Waals surface area contributed by atoms with Gasteiger partial charge in [-0.2, -0.15) is 0 Å². The van der Waals surface area contributed by atoms with E-state index in [0.717, 1.165) is 4.88 Å². The van der Waals surface area contributed by atoms with Gasteiger partial charge in [-0.3, -0.25) is 0 Å². The molecule has 0 amide bonds. The number of halogens is 2. The highest BCUT2D eigenvalue weighted by atomic mass is 35.5. The average Bonchev–Trinajstić information content (AvgIpc) is 2.74. The van der Waals surface area contributed by atoms with Gasteiger partial charge in [-0.1, -0.05) is 23.2 Å². The molecule has 0 unspecified atom stereocenters. The zero-order valence-electron chi connectivity index (χ0n) is 8.98. The van der Waals surface area contributed by atoms with E-state index in [1.54, 1.807) is 12.1 Å². The number of thiophene rings is 1. The maximum Gasteiger partial charge on any atom is 0.356 e. The van der Waals surface area contributed by atoms with Crippen molar-refractivity contribution < 1.29 is 9.90 Å². The van der Waals surface area contributed by atoms with Gasteiger partial charge in [-0.15, -0.1) is 11.3 Å². The molecule has 2 aromatic heterocycles. The summed E-state index contributed by atoms with van der Waals surface area (Å²) in [6.45, 7) is 0.533. The van der Waals surface area contributed by atoms with Crippen LogP contribution in [0, 0.1) is 0 Å². The molecular formula is C11H8Cl2N2O2S. The lowest BCUT2D eigenvalue weighted by Crippen LogP contribution is -2.06. The summed E-state index contributed by atoms with van der Waals surface area (Å²) in [5.41, 5.74) is -0.161. The first-order chi connectivity index (χ1) is 8.56. The molecule has 0 aliphatic rings. The van der Waals surface area contributed by atoms with Crippen molar-refractivity contribution in [3.05, 3.63) is 44.2 Å². The van der Waals surface area contributed by atoms with E-state index >= 15 is 0 Å². The van der Waals surface area contributed by atoms with E-state index in [0.29, 0.717) is 16.7 Å². The number of carboxylic acids is 1. The van der Waals surface area contributed by atoms with Crippen LogP contribution in [0.4, 0.5) is 5.82 Å². The van der Waals surface area contributed by atoms with E-state index in [1.165, 1.54) is 17.4 Å². The lowest BCUT2D eigenvalue weighted by Gasteiger charge is -2.05. The smallest absolute Gasteiger partial charge is 0.356 e. The van der Waals surface area contributed by atoms with Crippen LogP contribution in [0.5, 0.6) is 0 Å². The van der Waals surface area contributed by atoms with Crippen molar-refractivity contribution in [1.82, 2.24) is 4.98 Å². The Bertz CT molecular complexity index is 586. The lowest BCUT2D eigenvalue weighted by molar-refractivity contribution is 0.0691. The van der Waals surface area contributed by atoms with E-state index in [9.17, 15) is 4.79 Å². The fourth-order valence-corrected chi connectivity index (χ4v) is 2.53. The first-order valence-electron chi connectivity index (χ1n) is 4.94. The zero-order chi connectivity index (χ0) is 13.1. The highest BCUT2D eigenvalue weighted by Crippen LogP contribution is 2.22. The number of nitrogens with one attached hydrogen (secondary N) is 1. The second-order valence-electron chi connectivity index (χ2n) is 3.39. The Morgan fingerprint density at radius 3 is 2.72 bits per heavy atom. The number of carbonyl (C=O) groups is 1. The van der Waals surface area contributed by atoms with Gasteiger partial charge in [0.25, 0.3) is 0 Å². The average molecular weight is 303 g/mol. The number of aromatic carboxylic acids is 1. The number of anilines is 1. The molecule has 0 atom stereocenters. The zero-order valence-corrected chi connectivity index (χ0v) is 11.3. The van der Waals surface area contributed by atoms with Crippen molar-refractivity contribution in [2.45, 2.75) is 6.54 Å². The third kappa shape index (κ3) is 3.13. The minimum Gasteiger partial charge on any atom is -0.476 e. The minimum absolute atomic E-state index is 0.118. The summed E-state index contributed by atoms with van der Waals surface area (Å²) in [4.78, 5) is 15.8. The number of pyridine rings is 1. The molecule has 18 heavy (non-hydrogen) atoms. The molecule has 0 radical (unpaired) electrons. The maximum absolute atomic E-state index is 10.9. The second kappa shape index (κ2) is 5.56. The molecule has 2 rings (SSSR count). The second-order valence-corrected chi connectivity index (χ2v) is 5.60. The Morgan fingerprint density at radius 1 is 1.33 bits per heavy atom. The number of hydrogen-bond donors (Lipinski definition) is 2. The fourth-order valence-electron chi connectivity index (χ4n) is 1.32. The summed E-state index contributed by atoms with van der Waals surface area (Å²) in [6, 6.07) is 6.83. The fraction of sp³-hybridized carbons (Fsp3) is 0.0909. The van der Waals surface area contributed by atoms with Gasteiger partial charge in [0.2, 0.25) is 0 Å². The first kappa shape index (κ1) is 13.1. The minimum atomic E-state index is -1.15. The van der Waals surface area contributed by atoms with Crippen molar-refractivity contribution in [3.63, 3.8) is 0 Å².